The summed E-state index contributed by atoms with van der Waals surface area (Å²) >= 11 is 6.82. The molecule has 0 radical (unpaired) electrons. The fourth-order valence-corrected chi connectivity index (χ4v) is 5.22. The number of rotatable bonds is 4. The molecule has 2 N–H and O–H groups in total. The number of carbonyl (C=O) groups is 1. The van der Waals surface area contributed by atoms with Gasteiger partial charge >= 0.3 is 0 Å². The van der Waals surface area contributed by atoms with Crippen molar-refractivity contribution in [3.63, 3.8) is 0 Å². The first-order chi connectivity index (χ1) is 16.8. The summed E-state index contributed by atoms with van der Waals surface area (Å²) in [6.07, 6.45) is 3.35. The van der Waals surface area contributed by atoms with E-state index in [1.54, 1.807) is 13.1 Å². The van der Waals surface area contributed by atoms with Gasteiger partial charge in [0.15, 0.2) is 17.3 Å². The lowest BCUT2D eigenvalue weighted by atomic mass is 10.1. The number of aryl methyl sites for hydroxylation is 1. The monoisotopic (exact) mass is 496 g/mol. The van der Waals surface area contributed by atoms with Crippen LogP contribution in [0.1, 0.15) is 37.3 Å². The van der Waals surface area contributed by atoms with E-state index in [1.165, 1.54) is 15.3 Å². The van der Waals surface area contributed by atoms with Crippen molar-refractivity contribution < 1.29 is 9.18 Å². The summed E-state index contributed by atoms with van der Waals surface area (Å²) in [5, 5.41) is 16.6. The maximum atomic E-state index is 14.6. The highest BCUT2D eigenvalue weighted by Crippen LogP contribution is 2.39. The van der Waals surface area contributed by atoms with Crippen molar-refractivity contribution in [1.29, 1.82) is 0 Å². The summed E-state index contributed by atoms with van der Waals surface area (Å²) in [5.74, 6) is 0.274. The molecule has 6 rings (SSSR count). The van der Waals surface area contributed by atoms with E-state index in [0.29, 0.717) is 45.3 Å². The van der Waals surface area contributed by atoms with Crippen molar-refractivity contribution in [1.82, 2.24) is 29.7 Å². The van der Waals surface area contributed by atoms with E-state index >= 15 is 0 Å². The van der Waals surface area contributed by atoms with Crippen LogP contribution < -0.4 is 15.5 Å². The lowest BCUT2D eigenvalue weighted by Gasteiger charge is -2.37. The van der Waals surface area contributed by atoms with Gasteiger partial charge in [-0.2, -0.15) is 9.78 Å². The molecule has 9 nitrogen and oxygen atoms in total. The molecule has 4 aromatic rings. The number of fused-ring (bicyclic) bond motifs is 2. The van der Waals surface area contributed by atoms with Crippen LogP contribution in [-0.4, -0.2) is 55.5 Å². The van der Waals surface area contributed by atoms with Gasteiger partial charge in [0.2, 0.25) is 0 Å². The van der Waals surface area contributed by atoms with Gasteiger partial charge in [0.05, 0.1) is 27.8 Å². The van der Waals surface area contributed by atoms with Crippen molar-refractivity contribution in [2.24, 2.45) is 5.92 Å². The van der Waals surface area contributed by atoms with Gasteiger partial charge in [0.1, 0.15) is 5.82 Å². The summed E-state index contributed by atoms with van der Waals surface area (Å²) < 4.78 is 17.5. The average Bonchev–Trinajstić information content (AvgIpc) is 3.48. The fourth-order valence-electron chi connectivity index (χ4n) is 4.92. The van der Waals surface area contributed by atoms with Crippen LogP contribution in [0.3, 0.4) is 0 Å². The number of halogens is 2. The van der Waals surface area contributed by atoms with E-state index in [-0.39, 0.29) is 17.5 Å². The smallest absolute Gasteiger partial charge is 0.250 e. The van der Waals surface area contributed by atoms with Crippen molar-refractivity contribution in [2.45, 2.75) is 45.7 Å². The highest BCUT2D eigenvalue weighted by atomic mass is 35.5. The number of nitrogens with one attached hydrogen (secondary N) is 2. The predicted molar refractivity (Wildman–Crippen MR) is 133 cm³/mol. The van der Waals surface area contributed by atoms with Crippen LogP contribution in [0.15, 0.2) is 24.4 Å². The quantitative estimate of drug-likeness (QED) is 0.438. The molecule has 2 aliphatic rings. The Bertz CT molecular complexity index is 1470. The molecule has 4 heterocycles. The van der Waals surface area contributed by atoms with Gasteiger partial charge in [-0.05, 0) is 45.7 Å². The molecule has 1 aliphatic carbocycles. The summed E-state index contributed by atoms with van der Waals surface area (Å²) in [6.45, 7) is 7.67. The highest BCUT2D eigenvalue weighted by Gasteiger charge is 2.34. The number of pyridine rings is 1. The van der Waals surface area contributed by atoms with Crippen molar-refractivity contribution >= 4 is 51.3 Å². The zero-order valence-electron chi connectivity index (χ0n) is 19.7. The molecule has 0 unspecified atom stereocenters. The maximum absolute atomic E-state index is 14.6. The Balaban J connectivity index is 1.45. The van der Waals surface area contributed by atoms with Crippen LogP contribution >= 0.6 is 11.6 Å². The molecule has 11 heteroatoms. The first-order valence-electron chi connectivity index (χ1n) is 11.8. The first-order valence-corrected chi connectivity index (χ1v) is 12.2. The highest BCUT2D eigenvalue weighted by molar-refractivity contribution is 6.37. The first kappa shape index (κ1) is 22.2. The van der Waals surface area contributed by atoms with Crippen molar-refractivity contribution in [2.75, 3.05) is 23.3 Å². The molecule has 1 saturated heterocycles. The molecule has 3 aromatic heterocycles. The molecule has 1 saturated carbocycles. The SMILES string of the molecule is Cc1nc2c(F)cc(Nc3nn(C(=O)C4CC4)c4cc(N5C[C@H](C)N[C@@H](C)C5)cc(Cl)c34)cn2n1. The topological polar surface area (TPSA) is 92.4 Å². The summed E-state index contributed by atoms with van der Waals surface area (Å²) in [5.41, 5.74) is 2.16. The second-order valence-electron chi connectivity index (χ2n) is 9.70. The van der Waals surface area contributed by atoms with Crippen LogP contribution in [0.5, 0.6) is 0 Å². The van der Waals surface area contributed by atoms with E-state index in [9.17, 15) is 9.18 Å². The molecule has 0 amide bonds. The molecule has 1 aromatic carbocycles. The zero-order chi connectivity index (χ0) is 24.4. The third kappa shape index (κ3) is 4.00. The average molecular weight is 497 g/mol. The Morgan fingerprint density at radius 3 is 2.63 bits per heavy atom. The molecule has 35 heavy (non-hydrogen) atoms. The number of nitrogens with zero attached hydrogens (tertiary/aromatic N) is 6. The number of aromatic nitrogens is 5. The van der Waals surface area contributed by atoms with E-state index in [0.717, 1.165) is 31.6 Å². The van der Waals surface area contributed by atoms with Gasteiger partial charge in [-0.1, -0.05) is 11.6 Å². The number of carbonyl (C=O) groups excluding carboxylic acids is 1. The Labute approximate surface area is 206 Å². The molecule has 2 fully saturated rings. The second kappa shape index (κ2) is 8.17. The summed E-state index contributed by atoms with van der Waals surface area (Å²) in [6, 6.07) is 5.89. The minimum atomic E-state index is -0.510. The summed E-state index contributed by atoms with van der Waals surface area (Å²) in [4.78, 5) is 19.5. The third-order valence-electron chi connectivity index (χ3n) is 6.53. The third-order valence-corrected chi connectivity index (χ3v) is 6.83. The number of anilines is 3. The Kier molecular flexibility index (Phi) is 5.19. The Morgan fingerprint density at radius 1 is 1.17 bits per heavy atom. The number of hydrogen-bond acceptors (Lipinski definition) is 7. The minimum absolute atomic E-state index is 0.0282. The van der Waals surface area contributed by atoms with Crippen LogP contribution in [0, 0.1) is 18.7 Å². The zero-order valence-corrected chi connectivity index (χ0v) is 20.5. The van der Waals surface area contributed by atoms with E-state index in [1.807, 2.05) is 12.1 Å². The van der Waals surface area contributed by atoms with Gasteiger partial charge in [0.25, 0.3) is 5.91 Å². The lowest BCUT2D eigenvalue weighted by Crippen LogP contribution is -2.54. The van der Waals surface area contributed by atoms with Crippen LogP contribution in [0.2, 0.25) is 5.02 Å². The predicted octanol–water partition coefficient (Wildman–Crippen LogP) is 4.16. The maximum Gasteiger partial charge on any atom is 0.250 e. The van der Waals surface area contributed by atoms with Gasteiger partial charge < -0.3 is 15.5 Å². The number of piperazine rings is 1. The van der Waals surface area contributed by atoms with Crippen molar-refractivity contribution in [3.8, 4) is 0 Å². The normalized spacial score (nSPS) is 20.7. The molecule has 0 bridgehead atoms. The molecule has 1 aliphatic heterocycles. The van der Waals surface area contributed by atoms with Gasteiger partial charge in [-0.3, -0.25) is 4.79 Å². The number of hydrogen-bond donors (Lipinski definition) is 2. The van der Waals surface area contributed by atoms with E-state index in [4.69, 9.17) is 11.6 Å². The summed E-state index contributed by atoms with van der Waals surface area (Å²) in [7, 11) is 0. The Morgan fingerprint density at radius 2 is 1.91 bits per heavy atom. The molecule has 0 spiro atoms. The van der Waals surface area contributed by atoms with Crippen molar-refractivity contribution in [3.05, 3.63) is 41.1 Å². The molecular formula is C24H26ClFN8O. The Hall–Kier alpha value is -3.24. The van der Waals surface area contributed by atoms with E-state index in [2.05, 4.69) is 44.6 Å². The fraction of sp³-hybridized carbons (Fsp3) is 0.417. The standard InChI is InChI=1S/C24H26ClFN8O/c1-12-9-32(10-13(2)27-12)17-7-18(25)21-20(8-17)34(24(35)15-4-5-15)31-22(21)29-16-6-19(26)23-28-14(3)30-33(23)11-16/h6-8,11-13,15,27H,4-5,9-10H2,1-3H3,(H,29,31)/t12-,13-/m0/s1. The molecule has 182 valence electrons. The van der Waals surface area contributed by atoms with Crippen LogP contribution in [0.4, 0.5) is 21.6 Å². The van der Waals surface area contributed by atoms with Gasteiger partial charge in [-0.25, -0.2) is 13.9 Å². The second-order valence-corrected chi connectivity index (χ2v) is 10.1. The van der Waals surface area contributed by atoms with Gasteiger partial charge in [-0.15, -0.1) is 5.10 Å². The van der Waals surface area contributed by atoms with Crippen LogP contribution in [0.25, 0.3) is 16.6 Å². The minimum Gasteiger partial charge on any atom is -0.368 e. The molecule has 2 atom stereocenters. The largest absolute Gasteiger partial charge is 0.368 e. The van der Waals surface area contributed by atoms with Gasteiger partial charge in [0, 0.05) is 42.8 Å². The number of benzene rings is 1. The lowest BCUT2D eigenvalue weighted by molar-refractivity contribution is 0.0876. The van der Waals surface area contributed by atoms with Crippen LogP contribution in [-0.2, 0) is 0 Å². The van der Waals surface area contributed by atoms with E-state index < -0.39 is 5.82 Å². The molecular weight excluding hydrogens is 471 g/mol.